The minimum Gasteiger partial charge on any atom is -0.354 e. The van der Waals surface area contributed by atoms with Gasteiger partial charge in [-0.2, -0.15) is 10.6 Å². The molecule has 2 N–H and O–H groups in total. The maximum atomic E-state index is 15.2. The number of piperazine rings is 1. The molecule has 2 aromatic carbocycles. The average molecular weight is 567 g/mol. The van der Waals surface area contributed by atoms with Crippen molar-refractivity contribution in [3.8, 4) is 22.4 Å². The van der Waals surface area contributed by atoms with Crippen molar-refractivity contribution in [2.75, 3.05) is 62.7 Å². The quantitative estimate of drug-likeness (QED) is 0.351. The van der Waals surface area contributed by atoms with E-state index in [1.807, 2.05) is 23.1 Å². The maximum absolute atomic E-state index is 15.2. The first-order chi connectivity index (χ1) is 19.3. The molecule has 2 aliphatic rings. The van der Waals surface area contributed by atoms with Gasteiger partial charge in [0.1, 0.15) is 17.5 Å². The van der Waals surface area contributed by atoms with E-state index in [-0.39, 0.29) is 23.6 Å². The highest BCUT2D eigenvalue weighted by atomic mass is 32.3. The predicted molar refractivity (Wildman–Crippen MR) is 156 cm³/mol. The number of benzene rings is 2. The van der Waals surface area contributed by atoms with E-state index in [1.54, 1.807) is 24.5 Å². The summed E-state index contributed by atoms with van der Waals surface area (Å²) in [6.07, 6.45) is 3.48. The van der Waals surface area contributed by atoms with Crippen LogP contribution in [0.3, 0.4) is 0 Å². The summed E-state index contributed by atoms with van der Waals surface area (Å²) in [4.78, 5) is 20.5. The zero-order valence-corrected chi connectivity index (χ0v) is 23.1. The molecule has 4 aromatic rings. The van der Waals surface area contributed by atoms with Crippen molar-refractivity contribution < 1.29 is 17.9 Å². The molecule has 8 nitrogen and oxygen atoms in total. The van der Waals surface area contributed by atoms with Crippen LogP contribution in [-0.2, 0) is 6.54 Å². The molecule has 2 aliphatic heterocycles. The van der Waals surface area contributed by atoms with Crippen LogP contribution in [0.5, 0.6) is 0 Å². The Morgan fingerprint density at radius 3 is 2.25 bits per heavy atom. The largest absolute Gasteiger partial charge is 0.354 e. The highest BCUT2D eigenvalue weighted by molar-refractivity contribution is 8.24. The zero-order chi connectivity index (χ0) is 27.9. The monoisotopic (exact) mass is 566 g/mol. The van der Waals surface area contributed by atoms with Crippen molar-refractivity contribution in [1.29, 1.82) is 0 Å². The van der Waals surface area contributed by atoms with Gasteiger partial charge < -0.3 is 9.80 Å². The third-order valence-corrected chi connectivity index (χ3v) is 9.42. The van der Waals surface area contributed by atoms with Gasteiger partial charge in [0, 0.05) is 68.7 Å². The standard InChI is InChI=1S/C29H32F2N6O2S/c1-35-7-9-37(10-8-35)28-6-5-20(17-33-28)27-18-32-26-4-2-3-22(29(26)34-27)21-15-24(30)23(25(31)16-21)19-36-11-13-40(38,39)14-12-36/h2-6,15-18,38-39H,7-14,19H2,1H3. The van der Waals surface area contributed by atoms with Crippen molar-refractivity contribution >= 4 is 27.4 Å². The summed E-state index contributed by atoms with van der Waals surface area (Å²) in [5.74, 6) is 0.0860. The lowest BCUT2D eigenvalue weighted by Crippen LogP contribution is -2.44. The molecule has 4 heterocycles. The van der Waals surface area contributed by atoms with Gasteiger partial charge in [-0.1, -0.05) is 12.1 Å². The molecule has 2 fully saturated rings. The Labute approximate surface area is 233 Å². The fourth-order valence-electron chi connectivity index (χ4n) is 5.22. The van der Waals surface area contributed by atoms with Crippen molar-refractivity contribution in [2.24, 2.45) is 0 Å². The minimum atomic E-state index is -2.57. The number of likely N-dealkylation sites (N-methyl/N-ethyl adjacent to an activating group) is 1. The lowest BCUT2D eigenvalue weighted by Gasteiger charge is -2.41. The molecule has 0 amide bonds. The summed E-state index contributed by atoms with van der Waals surface area (Å²) in [6, 6.07) is 12.1. The van der Waals surface area contributed by atoms with E-state index in [0.717, 1.165) is 37.6 Å². The van der Waals surface area contributed by atoms with Gasteiger partial charge >= 0.3 is 0 Å². The molecule has 2 aromatic heterocycles. The van der Waals surface area contributed by atoms with Gasteiger partial charge in [-0.25, -0.2) is 18.7 Å². The number of hydrogen-bond acceptors (Lipinski definition) is 8. The molecule has 0 aliphatic carbocycles. The second-order valence-corrected chi connectivity index (χ2v) is 12.9. The Bertz CT molecular complexity index is 1500. The van der Waals surface area contributed by atoms with E-state index in [4.69, 9.17) is 4.98 Å². The van der Waals surface area contributed by atoms with Crippen LogP contribution < -0.4 is 4.90 Å². The first-order valence-corrected chi connectivity index (χ1v) is 15.2. The fraction of sp³-hybridized carbons (Fsp3) is 0.345. The number of para-hydroxylation sites is 1. The number of halogens is 2. The molecule has 0 bridgehead atoms. The van der Waals surface area contributed by atoms with Gasteiger partial charge in [-0.3, -0.25) is 19.0 Å². The van der Waals surface area contributed by atoms with E-state index in [2.05, 4.69) is 26.8 Å². The number of aromatic nitrogens is 3. The zero-order valence-electron chi connectivity index (χ0n) is 22.3. The lowest BCUT2D eigenvalue weighted by atomic mass is 10.0. The second kappa shape index (κ2) is 11.0. The van der Waals surface area contributed by atoms with Crippen LogP contribution in [-0.4, -0.2) is 91.7 Å². The number of hydrogen-bond donors (Lipinski definition) is 2. The summed E-state index contributed by atoms with van der Waals surface area (Å²) in [5, 5.41) is 0. The molecule has 0 atom stereocenters. The van der Waals surface area contributed by atoms with Crippen LogP contribution in [0.15, 0.2) is 54.9 Å². The lowest BCUT2D eigenvalue weighted by molar-refractivity contribution is 0.270. The van der Waals surface area contributed by atoms with Crippen molar-refractivity contribution in [2.45, 2.75) is 6.54 Å². The van der Waals surface area contributed by atoms with Gasteiger partial charge in [0.05, 0.1) is 34.4 Å². The smallest absolute Gasteiger partial charge is 0.131 e. The Morgan fingerprint density at radius 1 is 0.850 bits per heavy atom. The summed E-state index contributed by atoms with van der Waals surface area (Å²) >= 11 is 0. The first-order valence-electron chi connectivity index (χ1n) is 13.4. The van der Waals surface area contributed by atoms with Crippen molar-refractivity contribution in [1.82, 2.24) is 24.8 Å². The number of pyridine rings is 1. The van der Waals surface area contributed by atoms with Crippen LogP contribution in [0.4, 0.5) is 14.6 Å². The van der Waals surface area contributed by atoms with Gasteiger partial charge in [-0.05, 0) is 42.9 Å². The molecule has 0 unspecified atom stereocenters. The van der Waals surface area contributed by atoms with Crippen LogP contribution in [0, 0.1) is 11.6 Å². The molecule has 0 spiro atoms. The van der Waals surface area contributed by atoms with Crippen molar-refractivity contribution in [3.63, 3.8) is 0 Å². The van der Waals surface area contributed by atoms with E-state index in [1.165, 1.54) is 12.1 Å². The topological polar surface area (TPSA) is 88.9 Å². The summed E-state index contributed by atoms with van der Waals surface area (Å²) in [7, 11) is -0.456. The molecule has 0 radical (unpaired) electrons. The Hall–Kier alpha value is -3.22. The summed E-state index contributed by atoms with van der Waals surface area (Å²) in [5.41, 5.74) is 3.56. The molecule has 11 heteroatoms. The minimum absolute atomic E-state index is 0.0272. The first kappa shape index (κ1) is 27.0. The molecular weight excluding hydrogens is 534 g/mol. The highest BCUT2D eigenvalue weighted by Gasteiger charge is 2.24. The van der Waals surface area contributed by atoms with Crippen LogP contribution in [0.25, 0.3) is 33.4 Å². The van der Waals surface area contributed by atoms with E-state index >= 15 is 8.78 Å². The highest BCUT2D eigenvalue weighted by Crippen LogP contribution is 2.40. The van der Waals surface area contributed by atoms with Crippen LogP contribution >= 0.6 is 10.6 Å². The number of anilines is 1. The Morgan fingerprint density at radius 2 is 1.57 bits per heavy atom. The summed E-state index contributed by atoms with van der Waals surface area (Å²) in [6.45, 7) is 4.70. The number of nitrogens with zero attached hydrogens (tertiary/aromatic N) is 6. The van der Waals surface area contributed by atoms with Gasteiger partial charge in [0.2, 0.25) is 0 Å². The fourth-order valence-corrected chi connectivity index (χ4v) is 6.53. The molecular formula is C29H32F2N6O2S. The molecule has 6 rings (SSSR count). The summed E-state index contributed by atoms with van der Waals surface area (Å²) < 4.78 is 50.2. The molecule has 210 valence electrons. The van der Waals surface area contributed by atoms with Gasteiger partial charge in [0.15, 0.2) is 0 Å². The molecule has 40 heavy (non-hydrogen) atoms. The van der Waals surface area contributed by atoms with Crippen LogP contribution in [0.1, 0.15) is 5.56 Å². The third-order valence-electron chi connectivity index (χ3n) is 7.75. The van der Waals surface area contributed by atoms with E-state index in [0.29, 0.717) is 40.9 Å². The average Bonchev–Trinajstić information content (AvgIpc) is 2.95. The van der Waals surface area contributed by atoms with E-state index < -0.39 is 22.2 Å². The number of fused-ring (bicyclic) bond motifs is 1. The maximum Gasteiger partial charge on any atom is 0.131 e. The van der Waals surface area contributed by atoms with Gasteiger partial charge in [-0.15, -0.1) is 0 Å². The predicted octanol–water partition coefficient (Wildman–Crippen LogP) is 4.96. The normalized spacial score (nSPS) is 19.2. The van der Waals surface area contributed by atoms with Crippen LogP contribution in [0.2, 0.25) is 0 Å². The SMILES string of the molecule is CN1CCN(c2ccc(-c3cnc4cccc(-c5cc(F)c(CN6CCS(O)(O)CC6)c(F)c5)c4n3)cn2)CC1. The van der Waals surface area contributed by atoms with Crippen molar-refractivity contribution in [3.05, 3.63) is 72.1 Å². The molecule has 0 saturated carbocycles. The Kier molecular flexibility index (Phi) is 7.41. The second-order valence-electron chi connectivity index (χ2n) is 10.5. The van der Waals surface area contributed by atoms with Gasteiger partial charge in [0.25, 0.3) is 0 Å². The third kappa shape index (κ3) is 5.65. The molecule has 2 saturated heterocycles. The van der Waals surface area contributed by atoms with E-state index in [9.17, 15) is 9.11 Å². The number of rotatable bonds is 5. The Balaban J connectivity index is 1.27.